The van der Waals surface area contributed by atoms with Gasteiger partial charge in [-0.1, -0.05) is 0 Å². The third-order valence-corrected chi connectivity index (χ3v) is 1.86. The van der Waals surface area contributed by atoms with Crippen LogP contribution in [-0.2, 0) is 4.79 Å². The quantitative estimate of drug-likeness (QED) is 0.537. The van der Waals surface area contributed by atoms with Gasteiger partial charge in [0.1, 0.15) is 6.29 Å². The number of carbonyl (C=O) groups is 2. The second-order valence-electron chi connectivity index (χ2n) is 2.47. The average Bonchev–Trinajstić information content (AvgIpc) is 2.34. The Bertz CT molecular complexity index is 170. The predicted molar refractivity (Wildman–Crippen MR) is 40.3 cm³/mol. The van der Waals surface area contributed by atoms with Crippen LogP contribution in [0.5, 0.6) is 0 Å². The Morgan fingerprint density at radius 1 is 1.45 bits per heavy atom. The molecule has 1 fully saturated rings. The molecule has 1 aliphatic rings. The number of amides is 2. The van der Waals surface area contributed by atoms with Crippen LogP contribution in [0.15, 0.2) is 0 Å². The van der Waals surface area contributed by atoms with Crippen LogP contribution in [0.3, 0.4) is 0 Å². The van der Waals surface area contributed by atoms with E-state index in [1.807, 2.05) is 6.92 Å². The molecule has 1 saturated heterocycles. The molecule has 0 saturated carbocycles. The van der Waals surface area contributed by atoms with E-state index in [-0.39, 0.29) is 12.6 Å². The minimum atomic E-state index is -0.0143. The molecule has 11 heavy (non-hydrogen) atoms. The summed E-state index contributed by atoms with van der Waals surface area (Å²) in [5, 5.41) is 0. The third-order valence-electron chi connectivity index (χ3n) is 1.86. The summed E-state index contributed by atoms with van der Waals surface area (Å²) in [5.41, 5.74) is 0. The highest BCUT2D eigenvalue weighted by Gasteiger charge is 2.25. The number of aldehydes is 1. The van der Waals surface area contributed by atoms with E-state index in [9.17, 15) is 9.59 Å². The van der Waals surface area contributed by atoms with Crippen molar-refractivity contribution in [3.05, 3.63) is 0 Å². The van der Waals surface area contributed by atoms with Crippen LogP contribution in [0.25, 0.3) is 0 Å². The molecule has 1 rings (SSSR count). The molecular weight excluding hydrogens is 144 g/mol. The van der Waals surface area contributed by atoms with Gasteiger partial charge in [0, 0.05) is 19.6 Å². The number of urea groups is 1. The molecule has 0 radical (unpaired) electrons. The summed E-state index contributed by atoms with van der Waals surface area (Å²) < 4.78 is 0. The first-order chi connectivity index (χ1) is 5.29. The molecule has 1 aliphatic heterocycles. The lowest BCUT2D eigenvalue weighted by atomic mass is 10.5. The van der Waals surface area contributed by atoms with Crippen molar-refractivity contribution in [3.8, 4) is 0 Å². The van der Waals surface area contributed by atoms with E-state index in [1.54, 1.807) is 9.80 Å². The number of carbonyl (C=O) groups excluding carboxylic acids is 2. The van der Waals surface area contributed by atoms with E-state index in [0.29, 0.717) is 6.54 Å². The lowest BCUT2D eigenvalue weighted by molar-refractivity contribution is -0.108. The van der Waals surface area contributed by atoms with Crippen molar-refractivity contribution in [3.63, 3.8) is 0 Å². The summed E-state index contributed by atoms with van der Waals surface area (Å²) in [5.74, 6) is 0. The Kier molecular flexibility index (Phi) is 2.46. The van der Waals surface area contributed by atoms with Gasteiger partial charge >= 0.3 is 6.03 Å². The summed E-state index contributed by atoms with van der Waals surface area (Å²) in [6, 6.07) is -0.0143. The zero-order valence-corrected chi connectivity index (χ0v) is 6.62. The fraction of sp³-hybridized carbons (Fsp3) is 0.714. The van der Waals surface area contributed by atoms with Crippen molar-refractivity contribution >= 4 is 12.3 Å². The molecule has 4 nitrogen and oxygen atoms in total. The van der Waals surface area contributed by atoms with Crippen LogP contribution < -0.4 is 0 Å². The van der Waals surface area contributed by atoms with Gasteiger partial charge in [0.25, 0.3) is 0 Å². The molecule has 62 valence electrons. The molecule has 0 aromatic rings. The lowest BCUT2D eigenvalue weighted by Gasteiger charge is -2.14. The molecule has 0 bridgehead atoms. The number of hydrogen-bond donors (Lipinski definition) is 0. The van der Waals surface area contributed by atoms with Gasteiger partial charge in [-0.15, -0.1) is 0 Å². The Morgan fingerprint density at radius 2 is 2.09 bits per heavy atom. The summed E-state index contributed by atoms with van der Waals surface area (Å²) >= 11 is 0. The minimum absolute atomic E-state index is 0.0143. The monoisotopic (exact) mass is 156 g/mol. The Morgan fingerprint density at radius 3 is 2.55 bits per heavy atom. The van der Waals surface area contributed by atoms with Gasteiger partial charge < -0.3 is 14.6 Å². The molecule has 0 unspecified atom stereocenters. The number of rotatable bonds is 3. The first-order valence-corrected chi connectivity index (χ1v) is 3.77. The molecule has 2 amide bonds. The highest BCUT2D eigenvalue weighted by molar-refractivity contribution is 5.78. The summed E-state index contributed by atoms with van der Waals surface area (Å²) in [7, 11) is 0. The first kappa shape index (κ1) is 8.04. The van der Waals surface area contributed by atoms with E-state index in [4.69, 9.17) is 0 Å². The predicted octanol–water partition coefficient (Wildman–Crippen LogP) is -0.0572. The molecule has 0 N–H and O–H groups in total. The standard InChI is InChI=1S/C7H12N2O2/c1-2-8-3-4-9(5-6-10)7(8)11/h6H,2-5H2,1H3. The largest absolute Gasteiger partial charge is 0.323 e. The van der Waals surface area contributed by atoms with Crippen LogP contribution in [0.4, 0.5) is 4.79 Å². The van der Waals surface area contributed by atoms with Crippen LogP contribution in [-0.4, -0.2) is 48.3 Å². The van der Waals surface area contributed by atoms with E-state index < -0.39 is 0 Å². The van der Waals surface area contributed by atoms with Gasteiger partial charge in [0.2, 0.25) is 0 Å². The number of nitrogens with zero attached hydrogens (tertiary/aromatic N) is 2. The van der Waals surface area contributed by atoms with Crippen LogP contribution >= 0.6 is 0 Å². The molecule has 4 heteroatoms. The lowest BCUT2D eigenvalue weighted by Crippen LogP contribution is -2.32. The van der Waals surface area contributed by atoms with Crippen molar-refractivity contribution in [2.75, 3.05) is 26.2 Å². The molecule has 0 aliphatic carbocycles. The fourth-order valence-corrected chi connectivity index (χ4v) is 1.19. The highest BCUT2D eigenvalue weighted by Crippen LogP contribution is 2.05. The zero-order chi connectivity index (χ0) is 8.27. The Hall–Kier alpha value is -1.06. The Balaban J connectivity index is 2.48. The molecule has 0 spiro atoms. The van der Waals surface area contributed by atoms with Crippen LogP contribution in [0.1, 0.15) is 6.92 Å². The van der Waals surface area contributed by atoms with Gasteiger partial charge in [-0.2, -0.15) is 0 Å². The van der Waals surface area contributed by atoms with Crippen molar-refractivity contribution in [2.24, 2.45) is 0 Å². The second-order valence-corrected chi connectivity index (χ2v) is 2.47. The maximum atomic E-state index is 11.2. The van der Waals surface area contributed by atoms with E-state index >= 15 is 0 Å². The first-order valence-electron chi connectivity index (χ1n) is 3.77. The third kappa shape index (κ3) is 1.50. The van der Waals surface area contributed by atoms with Crippen molar-refractivity contribution in [1.29, 1.82) is 0 Å². The van der Waals surface area contributed by atoms with E-state index in [2.05, 4.69) is 0 Å². The smallest absolute Gasteiger partial charge is 0.320 e. The molecular formula is C7H12N2O2. The van der Waals surface area contributed by atoms with Crippen molar-refractivity contribution in [2.45, 2.75) is 6.92 Å². The van der Waals surface area contributed by atoms with Crippen molar-refractivity contribution in [1.82, 2.24) is 9.80 Å². The van der Waals surface area contributed by atoms with Crippen molar-refractivity contribution < 1.29 is 9.59 Å². The number of likely N-dealkylation sites (N-methyl/N-ethyl adjacent to an activating group) is 1. The molecule has 0 aromatic heterocycles. The summed E-state index contributed by atoms with van der Waals surface area (Å²) in [6.07, 6.45) is 0.761. The maximum Gasteiger partial charge on any atom is 0.320 e. The average molecular weight is 156 g/mol. The molecule has 0 atom stereocenters. The summed E-state index contributed by atoms with van der Waals surface area (Å²) in [4.78, 5) is 24.6. The SMILES string of the molecule is CCN1CCN(CC=O)C1=O. The molecule has 0 aromatic carbocycles. The van der Waals surface area contributed by atoms with Gasteiger partial charge in [-0.05, 0) is 6.92 Å². The van der Waals surface area contributed by atoms with Gasteiger partial charge in [-0.3, -0.25) is 0 Å². The fourth-order valence-electron chi connectivity index (χ4n) is 1.19. The topological polar surface area (TPSA) is 40.6 Å². The Labute approximate surface area is 65.8 Å². The van der Waals surface area contributed by atoms with E-state index in [1.165, 1.54) is 0 Å². The van der Waals surface area contributed by atoms with Gasteiger partial charge in [0.05, 0.1) is 6.54 Å². The maximum absolute atomic E-state index is 11.2. The van der Waals surface area contributed by atoms with Crippen LogP contribution in [0.2, 0.25) is 0 Å². The minimum Gasteiger partial charge on any atom is -0.323 e. The zero-order valence-electron chi connectivity index (χ0n) is 6.62. The second kappa shape index (κ2) is 3.37. The van der Waals surface area contributed by atoms with Crippen LogP contribution in [0, 0.1) is 0 Å². The molecule has 1 heterocycles. The van der Waals surface area contributed by atoms with E-state index in [0.717, 1.165) is 19.4 Å². The summed E-state index contributed by atoms with van der Waals surface area (Å²) in [6.45, 7) is 4.33. The number of hydrogen-bond acceptors (Lipinski definition) is 2. The normalized spacial score (nSPS) is 17.7. The highest BCUT2D eigenvalue weighted by atomic mass is 16.2. The van der Waals surface area contributed by atoms with Gasteiger partial charge in [-0.25, -0.2) is 4.79 Å². The van der Waals surface area contributed by atoms with Gasteiger partial charge in [0.15, 0.2) is 0 Å².